The third-order valence-electron chi connectivity index (χ3n) is 2.78. The van der Waals surface area contributed by atoms with Gasteiger partial charge >= 0.3 is 0 Å². The lowest BCUT2D eigenvalue weighted by Gasteiger charge is -1.99. The van der Waals surface area contributed by atoms with Gasteiger partial charge in [-0.15, -0.1) is 11.3 Å². The van der Waals surface area contributed by atoms with E-state index in [0.717, 1.165) is 17.7 Å². The fourth-order valence-electron chi connectivity index (χ4n) is 1.76. The number of rotatable bonds is 5. The molecular weight excluding hydrogens is 256 g/mol. The van der Waals surface area contributed by atoms with E-state index in [0.29, 0.717) is 11.6 Å². The summed E-state index contributed by atoms with van der Waals surface area (Å²) in [6.45, 7) is 4.07. The first-order valence-corrected chi connectivity index (χ1v) is 7.29. The Morgan fingerprint density at radius 3 is 2.74 bits per heavy atom. The highest BCUT2D eigenvalue weighted by molar-refractivity contribution is 7.15. The molecule has 0 aliphatic carbocycles. The number of hydrogen-bond acceptors (Lipinski definition) is 3. The number of amides is 1. The predicted octanol–water partition coefficient (Wildman–Crippen LogP) is 3.78. The molecule has 0 aliphatic rings. The minimum Gasteiger partial charge on any atom is -0.302 e. The van der Waals surface area contributed by atoms with Gasteiger partial charge in [0.05, 0.1) is 0 Å². The first-order chi connectivity index (χ1) is 9.17. The van der Waals surface area contributed by atoms with Crippen LogP contribution in [0.4, 0.5) is 5.13 Å². The lowest BCUT2D eigenvalue weighted by atomic mass is 10.1. The van der Waals surface area contributed by atoms with E-state index in [1.807, 2.05) is 13.1 Å². The Morgan fingerprint density at radius 1 is 1.32 bits per heavy atom. The summed E-state index contributed by atoms with van der Waals surface area (Å²) in [4.78, 5) is 16.9. The average Bonchev–Trinajstić information content (AvgIpc) is 2.80. The lowest BCUT2D eigenvalue weighted by Crippen LogP contribution is -2.09. The van der Waals surface area contributed by atoms with Crippen molar-refractivity contribution in [3.63, 3.8) is 0 Å². The number of thiazole rings is 1. The van der Waals surface area contributed by atoms with Gasteiger partial charge in [0.15, 0.2) is 5.13 Å². The Bertz CT molecular complexity index is 546. The van der Waals surface area contributed by atoms with Gasteiger partial charge in [0, 0.05) is 23.9 Å². The number of benzene rings is 1. The molecule has 19 heavy (non-hydrogen) atoms. The molecule has 1 aromatic heterocycles. The summed E-state index contributed by atoms with van der Waals surface area (Å²) in [6, 6.07) is 8.48. The van der Waals surface area contributed by atoms with Crippen molar-refractivity contribution in [3.8, 4) is 0 Å². The topological polar surface area (TPSA) is 42.0 Å². The fourth-order valence-corrected chi connectivity index (χ4v) is 2.63. The van der Waals surface area contributed by atoms with Crippen LogP contribution in [-0.4, -0.2) is 10.9 Å². The zero-order chi connectivity index (χ0) is 13.7. The van der Waals surface area contributed by atoms with Crippen LogP contribution in [0.15, 0.2) is 30.5 Å². The van der Waals surface area contributed by atoms with Crippen LogP contribution >= 0.6 is 11.3 Å². The maximum Gasteiger partial charge on any atom is 0.226 e. The van der Waals surface area contributed by atoms with Gasteiger partial charge in [-0.3, -0.25) is 4.79 Å². The number of nitrogens with zero attached hydrogens (tertiary/aromatic N) is 1. The molecule has 1 heterocycles. The lowest BCUT2D eigenvalue weighted by molar-refractivity contribution is -0.116. The van der Waals surface area contributed by atoms with Crippen LogP contribution in [0.3, 0.4) is 0 Å². The van der Waals surface area contributed by atoms with Crippen molar-refractivity contribution < 1.29 is 4.79 Å². The number of aryl methyl sites for hydroxylation is 1. The third kappa shape index (κ3) is 4.17. The van der Waals surface area contributed by atoms with Crippen LogP contribution in [0.2, 0.25) is 0 Å². The molecule has 0 saturated carbocycles. The van der Waals surface area contributed by atoms with Gasteiger partial charge in [-0.2, -0.15) is 0 Å². The second kappa shape index (κ2) is 6.48. The highest BCUT2D eigenvalue weighted by atomic mass is 32.1. The largest absolute Gasteiger partial charge is 0.302 e. The summed E-state index contributed by atoms with van der Waals surface area (Å²) in [5.41, 5.74) is 2.53. The van der Waals surface area contributed by atoms with Gasteiger partial charge in [-0.25, -0.2) is 4.98 Å². The van der Waals surface area contributed by atoms with Crippen molar-refractivity contribution in [1.29, 1.82) is 0 Å². The third-order valence-corrected chi connectivity index (χ3v) is 3.69. The van der Waals surface area contributed by atoms with Crippen LogP contribution in [0.25, 0.3) is 0 Å². The highest BCUT2D eigenvalue weighted by Crippen LogP contribution is 2.21. The number of hydrogen-bond donors (Lipinski definition) is 1. The summed E-state index contributed by atoms with van der Waals surface area (Å²) >= 11 is 1.54. The molecular formula is C15H18N2OS. The molecule has 0 radical (unpaired) electrons. The molecule has 2 aromatic rings. The van der Waals surface area contributed by atoms with E-state index in [2.05, 4.69) is 41.5 Å². The predicted molar refractivity (Wildman–Crippen MR) is 79.6 cm³/mol. The van der Waals surface area contributed by atoms with Crippen LogP contribution in [0.5, 0.6) is 0 Å². The Balaban J connectivity index is 1.97. The molecule has 100 valence electrons. The molecule has 0 spiro atoms. The number of aromatic nitrogens is 1. The molecule has 4 heteroatoms. The minimum atomic E-state index is 0.0405. The number of anilines is 1. The molecule has 0 unspecified atom stereocenters. The summed E-state index contributed by atoms with van der Waals surface area (Å²) in [6.07, 6.45) is 4.11. The van der Waals surface area contributed by atoms with Gasteiger partial charge < -0.3 is 5.32 Å². The van der Waals surface area contributed by atoms with E-state index in [1.54, 1.807) is 11.3 Å². The summed E-state index contributed by atoms with van der Waals surface area (Å²) in [5.74, 6) is 0.0405. The van der Waals surface area contributed by atoms with E-state index in [4.69, 9.17) is 0 Å². The van der Waals surface area contributed by atoms with E-state index in [1.165, 1.54) is 11.1 Å². The molecule has 0 saturated heterocycles. The van der Waals surface area contributed by atoms with Crippen LogP contribution in [0.1, 0.15) is 35.8 Å². The van der Waals surface area contributed by atoms with Crippen molar-refractivity contribution >= 4 is 22.4 Å². The maximum absolute atomic E-state index is 11.5. The first kappa shape index (κ1) is 13.7. The summed E-state index contributed by atoms with van der Waals surface area (Å²) in [7, 11) is 0. The smallest absolute Gasteiger partial charge is 0.226 e. The first-order valence-electron chi connectivity index (χ1n) is 6.47. The monoisotopic (exact) mass is 274 g/mol. The number of carbonyl (C=O) groups excluding carboxylic acids is 1. The number of nitrogens with one attached hydrogen (secondary N) is 1. The Morgan fingerprint density at radius 2 is 2.05 bits per heavy atom. The molecule has 0 fully saturated rings. The van der Waals surface area contributed by atoms with Crippen LogP contribution < -0.4 is 5.32 Å². The molecule has 3 nitrogen and oxygen atoms in total. The van der Waals surface area contributed by atoms with E-state index >= 15 is 0 Å². The summed E-state index contributed by atoms with van der Waals surface area (Å²) < 4.78 is 0. The average molecular weight is 274 g/mol. The Labute approximate surface area is 117 Å². The zero-order valence-electron chi connectivity index (χ0n) is 11.3. The van der Waals surface area contributed by atoms with Gasteiger partial charge in [-0.1, -0.05) is 36.8 Å². The van der Waals surface area contributed by atoms with Crippen LogP contribution in [0, 0.1) is 6.92 Å². The van der Waals surface area contributed by atoms with E-state index < -0.39 is 0 Å². The second-order valence-corrected chi connectivity index (χ2v) is 5.71. The van der Waals surface area contributed by atoms with Crippen molar-refractivity contribution in [3.05, 3.63) is 46.5 Å². The quantitative estimate of drug-likeness (QED) is 0.901. The molecule has 1 N–H and O–H groups in total. The standard InChI is InChI=1S/C15H18N2OS/c1-3-4-14(18)17-15-16-10-13(19-15)9-12-7-5-11(2)6-8-12/h5-8,10H,3-4,9H2,1-2H3,(H,16,17,18). The molecule has 1 amide bonds. The molecule has 0 atom stereocenters. The molecule has 2 rings (SSSR count). The van der Waals surface area contributed by atoms with Crippen molar-refractivity contribution in [2.24, 2.45) is 0 Å². The maximum atomic E-state index is 11.5. The van der Waals surface area contributed by atoms with Gasteiger partial charge in [0.25, 0.3) is 0 Å². The Kier molecular flexibility index (Phi) is 4.68. The Hall–Kier alpha value is -1.68. The van der Waals surface area contributed by atoms with Gasteiger partial charge in [-0.05, 0) is 18.9 Å². The highest BCUT2D eigenvalue weighted by Gasteiger charge is 2.06. The molecule has 1 aromatic carbocycles. The minimum absolute atomic E-state index is 0.0405. The van der Waals surface area contributed by atoms with Gasteiger partial charge in [0.1, 0.15) is 0 Å². The molecule has 0 aliphatic heterocycles. The SMILES string of the molecule is CCCC(=O)Nc1ncc(Cc2ccc(C)cc2)s1. The van der Waals surface area contributed by atoms with Crippen molar-refractivity contribution in [1.82, 2.24) is 4.98 Å². The van der Waals surface area contributed by atoms with E-state index in [9.17, 15) is 4.79 Å². The van der Waals surface area contributed by atoms with Crippen molar-refractivity contribution in [2.75, 3.05) is 5.32 Å². The van der Waals surface area contributed by atoms with E-state index in [-0.39, 0.29) is 5.91 Å². The molecule has 0 bridgehead atoms. The second-order valence-electron chi connectivity index (χ2n) is 4.59. The summed E-state index contributed by atoms with van der Waals surface area (Å²) in [5, 5.41) is 3.52. The fraction of sp³-hybridized carbons (Fsp3) is 0.333. The zero-order valence-corrected chi connectivity index (χ0v) is 12.1. The number of carbonyl (C=O) groups is 1. The van der Waals surface area contributed by atoms with Gasteiger partial charge in [0.2, 0.25) is 5.91 Å². The van der Waals surface area contributed by atoms with Crippen LogP contribution in [-0.2, 0) is 11.2 Å². The van der Waals surface area contributed by atoms with Crippen molar-refractivity contribution in [2.45, 2.75) is 33.1 Å². The normalized spacial score (nSPS) is 10.4.